The molecule has 3 heteroatoms. The highest BCUT2D eigenvalue weighted by Crippen LogP contribution is 2.21. The summed E-state index contributed by atoms with van der Waals surface area (Å²) < 4.78 is 13.5. The van der Waals surface area contributed by atoms with Crippen LogP contribution in [0.5, 0.6) is 5.75 Å². The Hall–Kier alpha value is -2.16. The third-order valence-corrected chi connectivity index (χ3v) is 2.26. The zero-order chi connectivity index (χ0) is 11.5. The molecule has 0 aliphatic carbocycles. The first-order chi connectivity index (χ1) is 7.70. The van der Waals surface area contributed by atoms with Gasteiger partial charge in [-0.2, -0.15) is 0 Å². The Morgan fingerprint density at radius 1 is 1.00 bits per heavy atom. The van der Waals surface area contributed by atoms with E-state index < -0.39 is 17.3 Å². The number of aromatic hydroxyl groups is 1. The topological polar surface area (TPSA) is 37.3 Å². The molecule has 0 aliphatic rings. The highest BCUT2D eigenvalue weighted by atomic mass is 19.1. The molecular weight excluding hydrogens is 207 g/mol. The number of phenols is 1. The van der Waals surface area contributed by atoms with Gasteiger partial charge in [0, 0.05) is 5.56 Å². The molecule has 0 fully saturated rings. The molecule has 0 unspecified atom stereocenters. The number of ketones is 1. The van der Waals surface area contributed by atoms with Crippen molar-refractivity contribution in [2.45, 2.75) is 0 Å². The summed E-state index contributed by atoms with van der Waals surface area (Å²) >= 11 is 0. The van der Waals surface area contributed by atoms with E-state index in [-0.39, 0.29) is 5.56 Å². The zero-order valence-corrected chi connectivity index (χ0v) is 8.35. The molecule has 0 saturated carbocycles. The lowest BCUT2D eigenvalue weighted by Gasteiger charge is -2.03. The van der Waals surface area contributed by atoms with E-state index in [1.807, 2.05) is 0 Å². The van der Waals surface area contributed by atoms with E-state index in [0.29, 0.717) is 5.56 Å². The van der Waals surface area contributed by atoms with Crippen molar-refractivity contribution in [1.29, 1.82) is 0 Å². The number of halogens is 1. The van der Waals surface area contributed by atoms with Gasteiger partial charge >= 0.3 is 0 Å². The Balaban J connectivity index is 2.46. The predicted octanol–water partition coefficient (Wildman–Crippen LogP) is 2.76. The minimum absolute atomic E-state index is 0.119. The predicted molar refractivity (Wildman–Crippen MR) is 57.9 cm³/mol. The van der Waals surface area contributed by atoms with Gasteiger partial charge in [0.1, 0.15) is 0 Å². The van der Waals surface area contributed by atoms with Gasteiger partial charge in [-0.15, -0.1) is 0 Å². The number of carbonyl (C=O) groups excluding carboxylic acids is 1. The molecule has 1 N–H and O–H groups in total. The van der Waals surface area contributed by atoms with Crippen LogP contribution in [0.25, 0.3) is 0 Å². The fourth-order valence-corrected chi connectivity index (χ4v) is 1.44. The van der Waals surface area contributed by atoms with Crippen molar-refractivity contribution in [1.82, 2.24) is 0 Å². The van der Waals surface area contributed by atoms with Crippen LogP contribution in [0.1, 0.15) is 15.9 Å². The molecule has 16 heavy (non-hydrogen) atoms. The van der Waals surface area contributed by atoms with Gasteiger partial charge in [-0.1, -0.05) is 36.4 Å². The van der Waals surface area contributed by atoms with Crippen molar-refractivity contribution < 1.29 is 14.3 Å². The van der Waals surface area contributed by atoms with Gasteiger partial charge in [-0.25, -0.2) is 4.39 Å². The molecular formula is C13H9FO2. The molecule has 0 aliphatic heterocycles. The number of carbonyl (C=O) groups is 1. The number of hydrogen-bond acceptors (Lipinski definition) is 2. The fourth-order valence-electron chi connectivity index (χ4n) is 1.44. The van der Waals surface area contributed by atoms with Crippen molar-refractivity contribution in [2.24, 2.45) is 0 Å². The first kappa shape index (κ1) is 10.4. The minimum Gasteiger partial charge on any atom is -0.505 e. The van der Waals surface area contributed by atoms with E-state index >= 15 is 0 Å². The average molecular weight is 216 g/mol. The van der Waals surface area contributed by atoms with Crippen molar-refractivity contribution in [3.8, 4) is 5.75 Å². The van der Waals surface area contributed by atoms with Crippen LogP contribution in [-0.2, 0) is 0 Å². The summed E-state index contributed by atoms with van der Waals surface area (Å²) in [5, 5.41) is 9.17. The molecule has 2 nitrogen and oxygen atoms in total. The smallest absolute Gasteiger partial charge is 0.196 e. The van der Waals surface area contributed by atoms with E-state index in [9.17, 15) is 9.18 Å². The van der Waals surface area contributed by atoms with Crippen molar-refractivity contribution in [3.05, 3.63) is 65.5 Å². The zero-order valence-electron chi connectivity index (χ0n) is 8.35. The van der Waals surface area contributed by atoms with Crippen LogP contribution < -0.4 is 0 Å². The normalized spacial score (nSPS) is 10.1. The second-order valence-corrected chi connectivity index (χ2v) is 3.33. The summed E-state index contributed by atoms with van der Waals surface area (Å²) in [5.41, 5.74) is 0.276. The molecule has 0 heterocycles. The Bertz CT molecular complexity index is 521. The Labute approximate surface area is 92.0 Å². The number of hydrogen-bond donors (Lipinski definition) is 1. The maximum atomic E-state index is 13.5. The molecule has 0 saturated heterocycles. The third-order valence-electron chi connectivity index (χ3n) is 2.26. The second-order valence-electron chi connectivity index (χ2n) is 3.33. The maximum Gasteiger partial charge on any atom is 0.196 e. The lowest BCUT2D eigenvalue weighted by molar-refractivity contribution is 0.103. The standard InChI is InChI=1S/C13H9FO2/c14-12-10(7-4-8-11(12)15)13(16)9-5-2-1-3-6-9/h1-8,15H. The summed E-state index contributed by atoms with van der Waals surface area (Å²) in [5.74, 6) is -1.83. The molecule has 0 atom stereocenters. The van der Waals surface area contributed by atoms with Crippen LogP contribution in [-0.4, -0.2) is 10.9 Å². The van der Waals surface area contributed by atoms with Gasteiger partial charge in [0.2, 0.25) is 0 Å². The van der Waals surface area contributed by atoms with Crippen molar-refractivity contribution in [2.75, 3.05) is 0 Å². The summed E-state index contributed by atoms with van der Waals surface area (Å²) in [6.45, 7) is 0. The molecule has 0 amide bonds. The fraction of sp³-hybridized carbons (Fsp3) is 0. The van der Waals surface area contributed by atoms with E-state index in [4.69, 9.17) is 5.11 Å². The largest absolute Gasteiger partial charge is 0.505 e. The van der Waals surface area contributed by atoms with Crippen molar-refractivity contribution >= 4 is 5.78 Å². The Morgan fingerprint density at radius 3 is 2.38 bits per heavy atom. The maximum absolute atomic E-state index is 13.5. The van der Waals surface area contributed by atoms with Gasteiger partial charge < -0.3 is 5.11 Å². The minimum atomic E-state index is -0.878. The summed E-state index contributed by atoms with van der Waals surface area (Å²) in [6.07, 6.45) is 0. The number of rotatable bonds is 2. The average Bonchev–Trinajstić information content (AvgIpc) is 2.33. The highest BCUT2D eigenvalue weighted by molar-refractivity contribution is 6.09. The summed E-state index contributed by atoms with van der Waals surface area (Å²) in [4.78, 5) is 11.9. The quantitative estimate of drug-likeness (QED) is 0.784. The van der Waals surface area contributed by atoms with Gasteiger partial charge in [0.15, 0.2) is 17.3 Å². The van der Waals surface area contributed by atoms with Crippen LogP contribution in [0.3, 0.4) is 0 Å². The first-order valence-corrected chi connectivity index (χ1v) is 4.77. The molecule has 2 rings (SSSR count). The van der Waals surface area contributed by atoms with Crippen molar-refractivity contribution in [3.63, 3.8) is 0 Å². The summed E-state index contributed by atoms with van der Waals surface area (Å²) in [6, 6.07) is 12.4. The Morgan fingerprint density at radius 2 is 1.69 bits per heavy atom. The van der Waals surface area contributed by atoms with Gasteiger partial charge in [-0.05, 0) is 12.1 Å². The van der Waals surface area contributed by atoms with Gasteiger partial charge in [0.05, 0.1) is 5.56 Å². The van der Waals surface area contributed by atoms with E-state index in [1.165, 1.54) is 18.2 Å². The van der Waals surface area contributed by atoms with E-state index in [1.54, 1.807) is 30.3 Å². The molecule has 0 spiro atoms. The highest BCUT2D eigenvalue weighted by Gasteiger charge is 2.15. The molecule has 0 aromatic heterocycles. The molecule has 2 aromatic carbocycles. The Kier molecular flexibility index (Phi) is 2.68. The van der Waals surface area contributed by atoms with E-state index in [2.05, 4.69) is 0 Å². The molecule has 0 bridgehead atoms. The number of phenolic OH excluding ortho intramolecular Hbond substituents is 1. The third kappa shape index (κ3) is 1.80. The SMILES string of the molecule is O=C(c1ccccc1)c1cccc(O)c1F. The second kappa shape index (κ2) is 4.14. The molecule has 80 valence electrons. The lowest BCUT2D eigenvalue weighted by Crippen LogP contribution is -2.03. The molecule has 2 aromatic rings. The van der Waals surface area contributed by atoms with Crippen LogP contribution in [0, 0.1) is 5.82 Å². The van der Waals surface area contributed by atoms with Gasteiger partial charge in [-0.3, -0.25) is 4.79 Å². The lowest BCUT2D eigenvalue weighted by atomic mass is 10.0. The monoisotopic (exact) mass is 216 g/mol. The van der Waals surface area contributed by atoms with Crippen LogP contribution >= 0.6 is 0 Å². The van der Waals surface area contributed by atoms with Crippen LogP contribution in [0.4, 0.5) is 4.39 Å². The van der Waals surface area contributed by atoms with Gasteiger partial charge in [0.25, 0.3) is 0 Å². The molecule has 0 radical (unpaired) electrons. The first-order valence-electron chi connectivity index (χ1n) is 4.77. The van der Waals surface area contributed by atoms with E-state index in [0.717, 1.165) is 0 Å². The number of benzene rings is 2. The van der Waals surface area contributed by atoms with Crippen LogP contribution in [0.15, 0.2) is 48.5 Å². The summed E-state index contributed by atoms with van der Waals surface area (Å²) in [7, 11) is 0. The van der Waals surface area contributed by atoms with Crippen LogP contribution in [0.2, 0.25) is 0 Å².